The van der Waals surface area contributed by atoms with Gasteiger partial charge in [0.05, 0.1) is 5.69 Å². The largest absolute Gasteiger partial charge is 0.508 e. The summed E-state index contributed by atoms with van der Waals surface area (Å²) in [5.74, 6) is 0.250. The number of benzene rings is 3. The van der Waals surface area contributed by atoms with Gasteiger partial charge in [-0.1, -0.05) is 50.2 Å². The summed E-state index contributed by atoms with van der Waals surface area (Å²) in [6.45, 7) is 4.27. The highest BCUT2D eigenvalue weighted by Crippen LogP contribution is 2.24. The topological polar surface area (TPSA) is 58.6 Å². The second-order valence-electron chi connectivity index (χ2n) is 6.73. The van der Waals surface area contributed by atoms with Crippen LogP contribution in [0.1, 0.15) is 41.7 Å². The highest BCUT2D eigenvalue weighted by Gasteiger charge is 2.05. The number of nitrogens with two attached hydrogens (primary N) is 1. The molecule has 3 N–H and O–H groups in total. The van der Waals surface area contributed by atoms with E-state index >= 15 is 0 Å². The first kappa shape index (κ1) is 18.7. The molecule has 0 aliphatic heterocycles. The van der Waals surface area contributed by atoms with Crippen molar-refractivity contribution in [3.8, 4) is 5.75 Å². The van der Waals surface area contributed by atoms with Crippen LogP contribution in [0.3, 0.4) is 0 Å². The molecule has 0 radical (unpaired) electrons. The number of rotatable bonds is 6. The van der Waals surface area contributed by atoms with E-state index in [9.17, 15) is 5.11 Å². The van der Waals surface area contributed by atoms with E-state index in [1.807, 2.05) is 18.2 Å². The van der Waals surface area contributed by atoms with Crippen LogP contribution >= 0.6 is 0 Å². The molecule has 0 saturated carbocycles. The van der Waals surface area contributed by atoms with Gasteiger partial charge in [-0.25, -0.2) is 0 Å². The molecule has 3 rings (SSSR count). The molecule has 138 valence electrons. The maximum absolute atomic E-state index is 9.57. The number of phenols is 1. The minimum absolute atomic E-state index is 0.250. The van der Waals surface area contributed by atoms with Gasteiger partial charge in [-0.15, -0.1) is 0 Å². The van der Waals surface area contributed by atoms with Crippen LogP contribution in [0.25, 0.3) is 0 Å². The molecule has 0 aliphatic carbocycles. The minimum Gasteiger partial charge on any atom is -0.508 e. The maximum atomic E-state index is 9.57. The van der Waals surface area contributed by atoms with E-state index in [-0.39, 0.29) is 5.75 Å². The van der Waals surface area contributed by atoms with E-state index in [1.165, 1.54) is 22.3 Å². The number of hydrogen-bond acceptors (Lipinski definition) is 3. The fourth-order valence-corrected chi connectivity index (χ4v) is 3.22. The van der Waals surface area contributed by atoms with Crippen LogP contribution in [0.2, 0.25) is 0 Å². The molecule has 0 aromatic heterocycles. The van der Waals surface area contributed by atoms with Gasteiger partial charge < -0.3 is 10.8 Å². The average Bonchev–Trinajstić information content (AvgIpc) is 2.68. The molecular formula is C24H26N2O. The second-order valence-corrected chi connectivity index (χ2v) is 6.73. The van der Waals surface area contributed by atoms with E-state index < -0.39 is 0 Å². The third kappa shape index (κ3) is 4.76. The molecule has 3 aromatic carbocycles. The van der Waals surface area contributed by atoms with Crippen molar-refractivity contribution in [1.29, 1.82) is 0 Å². The Kier molecular flexibility index (Phi) is 5.92. The predicted octanol–water partition coefficient (Wildman–Crippen LogP) is 5.44. The van der Waals surface area contributed by atoms with Gasteiger partial charge in [0.25, 0.3) is 0 Å². The van der Waals surface area contributed by atoms with Crippen molar-refractivity contribution >= 4 is 17.6 Å². The number of nitrogens with zero attached hydrogens (tertiary/aromatic N) is 1. The maximum Gasteiger partial charge on any atom is 0.116 e. The van der Waals surface area contributed by atoms with E-state index in [2.05, 4.69) is 49.2 Å². The van der Waals surface area contributed by atoms with Gasteiger partial charge in [0.2, 0.25) is 0 Å². The summed E-state index contributed by atoms with van der Waals surface area (Å²) in [5.41, 5.74) is 13.7. The lowest BCUT2D eigenvalue weighted by Gasteiger charge is -2.10. The fourth-order valence-electron chi connectivity index (χ4n) is 3.22. The number of aromatic hydroxyl groups is 1. The summed E-state index contributed by atoms with van der Waals surface area (Å²) in [6, 6.07) is 19.9. The monoisotopic (exact) mass is 358 g/mol. The Bertz CT molecular complexity index is 960. The standard InChI is InChI=1S/C24H26N2O/c1-3-20-13-17(8-10-23(20)25)12-18-9-11-24(21(4-2)14-18)26-16-19-6-5-7-22(27)15-19/h5-11,13-16,27H,3-4,12,25H2,1-2H3/b26-16+. The van der Waals surface area contributed by atoms with Crippen LogP contribution in [0.4, 0.5) is 11.4 Å². The van der Waals surface area contributed by atoms with Gasteiger partial charge in [0.1, 0.15) is 5.75 Å². The van der Waals surface area contributed by atoms with Crippen molar-refractivity contribution in [2.24, 2.45) is 4.99 Å². The highest BCUT2D eigenvalue weighted by atomic mass is 16.3. The number of aryl methyl sites for hydroxylation is 2. The number of aliphatic imine (C=N–C) groups is 1. The van der Waals surface area contributed by atoms with Gasteiger partial charge in [-0.3, -0.25) is 4.99 Å². The Hall–Kier alpha value is -3.07. The first-order valence-corrected chi connectivity index (χ1v) is 9.41. The molecule has 3 nitrogen and oxygen atoms in total. The molecule has 0 fully saturated rings. The third-order valence-electron chi connectivity index (χ3n) is 4.74. The zero-order valence-corrected chi connectivity index (χ0v) is 15.9. The van der Waals surface area contributed by atoms with Gasteiger partial charge in [-0.05, 0) is 71.3 Å². The molecule has 3 aromatic rings. The van der Waals surface area contributed by atoms with Crippen molar-refractivity contribution in [3.63, 3.8) is 0 Å². The number of nitrogen functional groups attached to an aromatic ring is 1. The molecule has 0 saturated heterocycles. The van der Waals surface area contributed by atoms with Crippen molar-refractivity contribution in [2.75, 3.05) is 5.73 Å². The Labute approximate surface area is 161 Å². The molecule has 0 unspecified atom stereocenters. The second kappa shape index (κ2) is 8.54. The lowest BCUT2D eigenvalue weighted by atomic mass is 9.98. The van der Waals surface area contributed by atoms with Gasteiger partial charge in [-0.2, -0.15) is 0 Å². The lowest BCUT2D eigenvalue weighted by Crippen LogP contribution is -1.96. The molecule has 0 amide bonds. The Morgan fingerprint density at radius 1 is 0.889 bits per heavy atom. The zero-order chi connectivity index (χ0) is 19.2. The summed E-state index contributed by atoms with van der Waals surface area (Å²) in [6.07, 6.45) is 4.54. The molecule has 0 aliphatic rings. The zero-order valence-electron chi connectivity index (χ0n) is 15.9. The van der Waals surface area contributed by atoms with E-state index in [0.29, 0.717) is 0 Å². The Morgan fingerprint density at radius 2 is 1.59 bits per heavy atom. The van der Waals surface area contributed by atoms with Gasteiger partial charge >= 0.3 is 0 Å². The quantitative estimate of drug-likeness (QED) is 0.455. The van der Waals surface area contributed by atoms with Crippen LogP contribution < -0.4 is 5.73 Å². The number of phenolic OH excluding ortho intramolecular Hbond substituents is 1. The Morgan fingerprint density at radius 3 is 2.30 bits per heavy atom. The summed E-state index contributed by atoms with van der Waals surface area (Å²) in [5, 5.41) is 9.57. The Balaban J connectivity index is 1.82. The van der Waals surface area contributed by atoms with Crippen LogP contribution in [0.5, 0.6) is 5.75 Å². The van der Waals surface area contributed by atoms with Crippen LogP contribution in [0.15, 0.2) is 65.7 Å². The van der Waals surface area contributed by atoms with Crippen LogP contribution in [0, 0.1) is 0 Å². The summed E-state index contributed by atoms with van der Waals surface area (Å²) in [7, 11) is 0. The summed E-state index contributed by atoms with van der Waals surface area (Å²) < 4.78 is 0. The summed E-state index contributed by atoms with van der Waals surface area (Å²) >= 11 is 0. The van der Waals surface area contributed by atoms with Crippen molar-refractivity contribution in [2.45, 2.75) is 33.1 Å². The highest BCUT2D eigenvalue weighted by molar-refractivity contribution is 5.82. The van der Waals surface area contributed by atoms with Crippen LogP contribution in [-0.2, 0) is 19.3 Å². The molecule has 0 atom stereocenters. The number of anilines is 1. The summed E-state index contributed by atoms with van der Waals surface area (Å²) in [4.78, 5) is 4.62. The van der Waals surface area contributed by atoms with Crippen molar-refractivity contribution in [3.05, 3.63) is 88.5 Å². The molecular weight excluding hydrogens is 332 g/mol. The molecule has 0 bridgehead atoms. The van der Waals surface area contributed by atoms with Gasteiger partial charge in [0, 0.05) is 11.9 Å². The fraction of sp³-hybridized carbons (Fsp3) is 0.208. The smallest absolute Gasteiger partial charge is 0.116 e. The normalized spacial score (nSPS) is 11.2. The number of hydrogen-bond donors (Lipinski definition) is 2. The molecule has 0 heterocycles. The van der Waals surface area contributed by atoms with Crippen molar-refractivity contribution in [1.82, 2.24) is 0 Å². The molecule has 27 heavy (non-hydrogen) atoms. The van der Waals surface area contributed by atoms with E-state index in [4.69, 9.17) is 5.73 Å². The third-order valence-corrected chi connectivity index (χ3v) is 4.74. The first-order valence-electron chi connectivity index (χ1n) is 9.41. The molecule has 0 spiro atoms. The SMILES string of the molecule is CCc1cc(Cc2ccc(/N=C/c3cccc(O)c3)c(CC)c2)ccc1N. The molecule has 3 heteroatoms. The van der Waals surface area contributed by atoms with E-state index in [0.717, 1.165) is 36.2 Å². The van der Waals surface area contributed by atoms with E-state index in [1.54, 1.807) is 18.3 Å². The minimum atomic E-state index is 0.250. The predicted molar refractivity (Wildman–Crippen MR) is 114 cm³/mol. The van der Waals surface area contributed by atoms with Crippen LogP contribution in [-0.4, -0.2) is 11.3 Å². The lowest BCUT2D eigenvalue weighted by molar-refractivity contribution is 0.475. The first-order chi connectivity index (χ1) is 13.1. The van der Waals surface area contributed by atoms with Crippen molar-refractivity contribution < 1.29 is 5.11 Å². The van der Waals surface area contributed by atoms with Gasteiger partial charge in [0.15, 0.2) is 0 Å². The average molecular weight is 358 g/mol.